The fourth-order valence-corrected chi connectivity index (χ4v) is 5.45. The van der Waals surface area contributed by atoms with Crippen LogP contribution in [0, 0.1) is 0 Å². The van der Waals surface area contributed by atoms with E-state index in [2.05, 4.69) is 23.1 Å². The summed E-state index contributed by atoms with van der Waals surface area (Å²) in [5.41, 5.74) is 5.02. The summed E-state index contributed by atoms with van der Waals surface area (Å²) >= 11 is 0. The molecule has 8 nitrogen and oxygen atoms in total. The molecule has 8 heteroatoms. The topological polar surface area (TPSA) is 96.4 Å². The molecule has 2 heterocycles. The monoisotopic (exact) mass is 556 g/mol. The number of carbonyl (C=O) groups is 3. The average Bonchev–Trinajstić information content (AvgIpc) is 3.24. The Hall–Kier alpha value is -4.01. The number of carboxylic acids is 1. The number of fused-ring (bicyclic) bond motifs is 1. The molecule has 214 valence electrons. The second-order valence-corrected chi connectivity index (χ2v) is 10.5. The Bertz CT molecular complexity index is 1360. The van der Waals surface area contributed by atoms with Crippen LogP contribution in [0.3, 0.4) is 0 Å². The van der Waals surface area contributed by atoms with Crippen molar-refractivity contribution < 1.29 is 29.0 Å². The minimum Gasteiger partial charge on any atom is -0.492 e. The van der Waals surface area contributed by atoms with Crippen molar-refractivity contribution in [3.63, 3.8) is 0 Å². The third-order valence-corrected chi connectivity index (χ3v) is 7.67. The number of hydrogen-bond acceptors (Lipinski definition) is 6. The number of aliphatic carboxylic acids is 1. The second kappa shape index (κ2) is 13.6. The number of carbonyl (C=O) groups excluding carboxylic acids is 2. The fraction of sp³-hybridized carbons (Fsp3) is 0.364. The molecule has 0 aliphatic carbocycles. The number of para-hydroxylation sites is 1. The highest BCUT2D eigenvalue weighted by Crippen LogP contribution is 2.24. The van der Waals surface area contributed by atoms with Crippen LogP contribution in [-0.2, 0) is 35.2 Å². The van der Waals surface area contributed by atoms with E-state index in [1.165, 1.54) is 4.90 Å². The summed E-state index contributed by atoms with van der Waals surface area (Å²) < 4.78 is 11.6. The number of aryl methyl sites for hydroxylation is 3. The molecule has 1 saturated heterocycles. The SMILES string of the molecule is O=C(O)CCc1cc(CCc2ccccc2OCCN2CCOCC2)cc(CCN2C(=O)c3ccccc3C2=O)c1. The van der Waals surface area contributed by atoms with Crippen LogP contribution in [0.1, 0.15) is 49.4 Å². The molecule has 5 rings (SSSR count). The first-order valence-electron chi connectivity index (χ1n) is 14.3. The highest BCUT2D eigenvalue weighted by molar-refractivity contribution is 6.21. The lowest BCUT2D eigenvalue weighted by Crippen LogP contribution is -2.38. The van der Waals surface area contributed by atoms with Crippen LogP contribution in [0.25, 0.3) is 0 Å². The Labute approximate surface area is 240 Å². The molecule has 0 radical (unpaired) electrons. The zero-order valence-corrected chi connectivity index (χ0v) is 23.2. The van der Waals surface area contributed by atoms with Crippen molar-refractivity contribution in [1.82, 2.24) is 9.80 Å². The summed E-state index contributed by atoms with van der Waals surface area (Å²) in [4.78, 5) is 40.5. The Balaban J connectivity index is 1.24. The molecule has 0 spiro atoms. The van der Waals surface area contributed by atoms with Gasteiger partial charge in [-0.2, -0.15) is 0 Å². The number of amides is 2. The van der Waals surface area contributed by atoms with Crippen molar-refractivity contribution in [2.75, 3.05) is 46.0 Å². The zero-order valence-electron chi connectivity index (χ0n) is 23.2. The van der Waals surface area contributed by atoms with E-state index in [0.717, 1.165) is 73.7 Å². The maximum absolute atomic E-state index is 12.8. The number of carboxylic acid groups (broad SMARTS) is 1. The van der Waals surface area contributed by atoms with E-state index >= 15 is 0 Å². The molecule has 0 unspecified atom stereocenters. The summed E-state index contributed by atoms with van der Waals surface area (Å²) in [5.74, 6) is -0.490. The van der Waals surface area contributed by atoms with Gasteiger partial charge in [-0.1, -0.05) is 48.5 Å². The Kier molecular flexibility index (Phi) is 9.44. The number of hydrogen-bond donors (Lipinski definition) is 1. The van der Waals surface area contributed by atoms with Crippen LogP contribution in [-0.4, -0.2) is 78.7 Å². The van der Waals surface area contributed by atoms with Crippen LogP contribution >= 0.6 is 0 Å². The smallest absolute Gasteiger partial charge is 0.303 e. The molecule has 3 aromatic rings. The quantitative estimate of drug-likeness (QED) is 0.318. The highest BCUT2D eigenvalue weighted by atomic mass is 16.5. The van der Waals surface area contributed by atoms with E-state index in [1.54, 1.807) is 24.3 Å². The average molecular weight is 557 g/mol. The normalized spacial score (nSPS) is 15.3. The first-order valence-corrected chi connectivity index (χ1v) is 14.3. The van der Waals surface area contributed by atoms with E-state index < -0.39 is 5.97 Å². The number of rotatable bonds is 13. The molecule has 41 heavy (non-hydrogen) atoms. The lowest BCUT2D eigenvalue weighted by atomic mass is 9.96. The predicted octanol–water partition coefficient (Wildman–Crippen LogP) is 4.04. The second-order valence-electron chi connectivity index (χ2n) is 10.5. The maximum atomic E-state index is 12.8. The van der Waals surface area contributed by atoms with Crippen LogP contribution < -0.4 is 4.74 Å². The summed E-state index contributed by atoms with van der Waals surface area (Å²) in [6, 6.07) is 21.1. The van der Waals surface area contributed by atoms with E-state index in [1.807, 2.05) is 24.3 Å². The third kappa shape index (κ3) is 7.39. The van der Waals surface area contributed by atoms with Crippen LogP contribution in [0.5, 0.6) is 5.75 Å². The van der Waals surface area contributed by atoms with Gasteiger partial charge < -0.3 is 14.6 Å². The van der Waals surface area contributed by atoms with E-state index in [4.69, 9.17) is 9.47 Å². The third-order valence-electron chi connectivity index (χ3n) is 7.67. The number of ether oxygens (including phenoxy) is 2. The predicted molar refractivity (Wildman–Crippen MR) is 155 cm³/mol. The van der Waals surface area contributed by atoms with Gasteiger partial charge in [-0.15, -0.1) is 0 Å². The van der Waals surface area contributed by atoms with Crippen molar-refractivity contribution >= 4 is 17.8 Å². The fourth-order valence-electron chi connectivity index (χ4n) is 5.45. The lowest BCUT2D eigenvalue weighted by molar-refractivity contribution is -0.136. The van der Waals surface area contributed by atoms with E-state index in [-0.39, 0.29) is 24.8 Å². The minimum absolute atomic E-state index is 0.0428. The van der Waals surface area contributed by atoms with Crippen molar-refractivity contribution in [3.05, 3.63) is 100 Å². The molecule has 0 saturated carbocycles. The molecule has 2 amide bonds. The number of benzene rings is 3. The molecule has 1 N–H and O–H groups in total. The Morgan fingerprint density at radius 2 is 1.39 bits per heavy atom. The molecule has 0 atom stereocenters. The van der Waals surface area contributed by atoms with Gasteiger partial charge in [-0.25, -0.2) is 0 Å². The van der Waals surface area contributed by atoms with Crippen LogP contribution in [0.15, 0.2) is 66.7 Å². The molecule has 2 aliphatic heterocycles. The van der Waals surface area contributed by atoms with Gasteiger partial charge in [0.25, 0.3) is 11.8 Å². The number of imide groups is 1. The molecular formula is C33H36N2O6. The Morgan fingerprint density at radius 1 is 0.780 bits per heavy atom. The van der Waals surface area contributed by atoms with Crippen molar-refractivity contribution in [2.24, 2.45) is 0 Å². The van der Waals surface area contributed by atoms with Crippen LogP contribution in [0.2, 0.25) is 0 Å². The van der Waals surface area contributed by atoms with E-state index in [9.17, 15) is 19.5 Å². The summed E-state index contributed by atoms with van der Waals surface area (Å²) in [6.07, 6.45) is 2.49. The molecular weight excluding hydrogens is 520 g/mol. The summed E-state index contributed by atoms with van der Waals surface area (Å²) in [5, 5.41) is 9.24. The van der Waals surface area contributed by atoms with Gasteiger partial charge in [0.1, 0.15) is 12.4 Å². The first kappa shape index (κ1) is 28.5. The lowest BCUT2D eigenvalue weighted by Gasteiger charge is -2.26. The number of nitrogens with zero attached hydrogens (tertiary/aromatic N) is 2. The standard InChI is InChI=1S/C33H36N2O6/c36-31(37)12-10-25-21-24(9-11-27-5-1-4-8-30(27)41-20-17-34-15-18-40-19-16-34)22-26(23-25)13-14-35-32(38)28-6-2-3-7-29(28)33(35)39/h1-8,21-23H,9-20H2,(H,36,37). The van der Waals surface area contributed by atoms with Gasteiger partial charge in [0.15, 0.2) is 0 Å². The summed E-state index contributed by atoms with van der Waals surface area (Å²) in [6.45, 7) is 5.14. The Morgan fingerprint density at radius 3 is 2.07 bits per heavy atom. The molecule has 0 aromatic heterocycles. The van der Waals surface area contributed by atoms with Crippen LogP contribution in [0.4, 0.5) is 0 Å². The van der Waals surface area contributed by atoms with Gasteiger partial charge in [-0.3, -0.25) is 24.2 Å². The zero-order chi connectivity index (χ0) is 28.6. The molecule has 3 aromatic carbocycles. The number of morpholine rings is 1. The van der Waals surface area contributed by atoms with Crippen molar-refractivity contribution in [1.29, 1.82) is 0 Å². The maximum Gasteiger partial charge on any atom is 0.303 e. The molecule has 1 fully saturated rings. The van der Waals surface area contributed by atoms with Gasteiger partial charge >= 0.3 is 5.97 Å². The van der Waals surface area contributed by atoms with Gasteiger partial charge in [0.05, 0.1) is 24.3 Å². The largest absolute Gasteiger partial charge is 0.492 e. The van der Waals surface area contributed by atoms with Crippen molar-refractivity contribution in [3.8, 4) is 5.75 Å². The van der Waals surface area contributed by atoms with Gasteiger partial charge in [0, 0.05) is 32.6 Å². The van der Waals surface area contributed by atoms with Crippen molar-refractivity contribution in [2.45, 2.75) is 32.1 Å². The highest BCUT2D eigenvalue weighted by Gasteiger charge is 2.34. The van der Waals surface area contributed by atoms with E-state index in [0.29, 0.717) is 30.6 Å². The van der Waals surface area contributed by atoms with Gasteiger partial charge in [0.2, 0.25) is 0 Å². The summed E-state index contributed by atoms with van der Waals surface area (Å²) in [7, 11) is 0. The van der Waals surface area contributed by atoms with Gasteiger partial charge in [-0.05, 0) is 66.1 Å². The minimum atomic E-state index is -0.842. The first-order chi connectivity index (χ1) is 20.0. The molecule has 0 bridgehead atoms. The molecule has 2 aliphatic rings.